The first kappa shape index (κ1) is 34.5. The molecule has 1 aromatic rings. The summed E-state index contributed by atoms with van der Waals surface area (Å²) < 4.78 is 5.33. The lowest BCUT2D eigenvalue weighted by atomic mass is 10.00. The van der Waals surface area contributed by atoms with Gasteiger partial charge in [0, 0.05) is 18.7 Å². The quantitative estimate of drug-likeness (QED) is 0.191. The van der Waals surface area contributed by atoms with Gasteiger partial charge in [0.05, 0.1) is 6.42 Å². The molecule has 1 rings (SSSR count). The number of nitrogens with one attached hydrogen (secondary N) is 2. The van der Waals surface area contributed by atoms with Crippen molar-refractivity contribution in [1.82, 2.24) is 15.5 Å². The predicted molar refractivity (Wildman–Crippen MR) is 157 cm³/mol. The van der Waals surface area contributed by atoms with Crippen molar-refractivity contribution < 1.29 is 23.9 Å². The van der Waals surface area contributed by atoms with Gasteiger partial charge in [-0.15, -0.1) is 6.42 Å². The van der Waals surface area contributed by atoms with Crippen molar-refractivity contribution in [3.05, 3.63) is 35.4 Å². The Balaban J connectivity index is 3.46. The Morgan fingerprint density at radius 1 is 0.975 bits per heavy atom. The molecule has 2 unspecified atom stereocenters. The Bertz CT molecular complexity index is 994. The number of terminal acetylenes is 1. The molecule has 0 saturated carbocycles. The fraction of sp³-hybridized carbons (Fsp3) is 0.613. The van der Waals surface area contributed by atoms with Gasteiger partial charge in [-0.2, -0.15) is 0 Å². The highest BCUT2D eigenvalue weighted by atomic mass is 16.6. The number of rotatable bonds is 17. The number of alkyl carbamates (subject to hydrolysis) is 1. The van der Waals surface area contributed by atoms with Crippen LogP contribution in [0.15, 0.2) is 24.3 Å². The number of amides is 4. The number of nitrogens with zero attached hydrogens (tertiary/aromatic N) is 1. The first-order valence-corrected chi connectivity index (χ1v) is 14.4. The first-order valence-electron chi connectivity index (χ1n) is 14.4. The van der Waals surface area contributed by atoms with Crippen molar-refractivity contribution in [2.45, 2.75) is 110 Å². The van der Waals surface area contributed by atoms with Crippen LogP contribution in [0.5, 0.6) is 0 Å². The lowest BCUT2D eigenvalue weighted by Crippen LogP contribution is -2.54. The number of hydrogen-bond donors (Lipinski definition) is 3. The number of benzene rings is 1. The number of carbonyl (C=O) groups excluding carboxylic acids is 4. The number of hydrogen-bond acceptors (Lipinski definition) is 5. The van der Waals surface area contributed by atoms with Crippen LogP contribution in [0.1, 0.15) is 110 Å². The van der Waals surface area contributed by atoms with Crippen LogP contribution in [-0.4, -0.2) is 53.4 Å². The maximum absolute atomic E-state index is 14.1. The average molecular weight is 557 g/mol. The van der Waals surface area contributed by atoms with Gasteiger partial charge in [-0.3, -0.25) is 14.4 Å². The molecule has 0 aromatic heterocycles. The number of ether oxygens (including phenoxy) is 1. The molecule has 9 heteroatoms. The van der Waals surface area contributed by atoms with Gasteiger partial charge in [0.15, 0.2) is 0 Å². The Morgan fingerprint density at radius 2 is 1.57 bits per heavy atom. The van der Waals surface area contributed by atoms with Gasteiger partial charge in [-0.1, -0.05) is 70.4 Å². The van der Waals surface area contributed by atoms with Crippen LogP contribution in [0.2, 0.25) is 0 Å². The van der Waals surface area contributed by atoms with E-state index in [0.29, 0.717) is 24.1 Å². The van der Waals surface area contributed by atoms with Crippen LogP contribution in [-0.2, 0) is 19.1 Å². The van der Waals surface area contributed by atoms with Crippen LogP contribution < -0.4 is 16.4 Å². The summed E-state index contributed by atoms with van der Waals surface area (Å²) in [5.74, 6) is 0.861. The molecular formula is C31H48N4O5. The highest BCUT2D eigenvalue weighted by Crippen LogP contribution is 2.25. The van der Waals surface area contributed by atoms with E-state index in [2.05, 4.69) is 30.4 Å². The van der Waals surface area contributed by atoms with E-state index in [1.54, 1.807) is 45.0 Å². The van der Waals surface area contributed by atoms with E-state index in [9.17, 15) is 19.2 Å². The molecule has 1 aromatic carbocycles. The molecule has 4 amide bonds. The van der Waals surface area contributed by atoms with Crippen LogP contribution in [0.4, 0.5) is 4.79 Å². The molecule has 0 spiro atoms. The normalized spacial score (nSPS) is 12.5. The second kappa shape index (κ2) is 17.9. The highest BCUT2D eigenvalue weighted by molar-refractivity contribution is 5.94. The summed E-state index contributed by atoms with van der Waals surface area (Å²) in [6.45, 7) is 9.98. The second-order valence-corrected chi connectivity index (χ2v) is 11.0. The molecule has 9 nitrogen and oxygen atoms in total. The van der Waals surface area contributed by atoms with Crippen LogP contribution in [0.3, 0.4) is 0 Å². The zero-order valence-electron chi connectivity index (χ0n) is 24.9. The maximum Gasteiger partial charge on any atom is 0.408 e. The third kappa shape index (κ3) is 13.0. The van der Waals surface area contributed by atoms with Crippen molar-refractivity contribution in [1.29, 1.82) is 0 Å². The molecule has 0 aliphatic rings. The molecule has 0 heterocycles. The maximum atomic E-state index is 14.1. The standard InChI is InChI=1S/C31H48N4O5/c1-7-10-12-13-15-21-35(29(38)25(22-26(32)36)34-30(39)40-31(4,5)6)27(28(37)33-20-14-11-8-2)24-18-16-23(9-3)17-19-24/h3,16-19,25,27H,7-8,10-15,20-22H2,1-2,4-6H3,(H2,32,36)(H,33,37)(H,34,39). The van der Waals surface area contributed by atoms with Gasteiger partial charge in [-0.25, -0.2) is 4.79 Å². The minimum Gasteiger partial charge on any atom is -0.444 e. The molecular weight excluding hydrogens is 508 g/mol. The van der Waals surface area contributed by atoms with Crippen LogP contribution >= 0.6 is 0 Å². The summed E-state index contributed by atoms with van der Waals surface area (Å²) in [6, 6.07) is 4.60. The fourth-order valence-corrected chi connectivity index (χ4v) is 4.22. The Labute approximate surface area is 240 Å². The number of carbonyl (C=O) groups is 4. The summed E-state index contributed by atoms with van der Waals surface area (Å²) in [5.41, 5.74) is 5.86. The summed E-state index contributed by atoms with van der Waals surface area (Å²) in [4.78, 5) is 53.7. The molecule has 4 N–H and O–H groups in total. The van der Waals surface area contributed by atoms with Gasteiger partial charge >= 0.3 is 6.09 Å². The monoisotopic (exact) mass is 556 g/mol. The average Bonchev–Trinajstić information content (AvgIpc) is 2.88. The Kier molecular flexibility index (Phi) is 15.5. The lowest BCUT2D eigenvalue weighted by molar-refractivity contribution is -0.143. The fourth-order valence-electron chi connectivity index (χ4n) is 4.22. The molecule has 40 heavy (non-hydrogen) atoms. The molecule has 0 aliphatic heterocycles. The molecule has 0 bridgehead atoms. The van der Waals surface area contributed by atoms with E-state index < -0.39 is 42.0 Å². The van der Waals surface area contributed by atoms with Gasteiger partial charge in [0.1, 0.15) is 17.7 Å². The SMILES string of the molecule is C#Cc1ccc(C(C(=O)NCCCCC)N(CCCCCCC)C(=O)C(CC(N)=O)NC(=O)OC(C)(C)C)cc1. The smallest absolute Gasteiger partial charge is 0.408 e. The van der Waals surface area contributed by atoms with E-state index in [1.165, 1.54) is 4.90 Å². The van der Waals surface area contributed by atoms with Crippen molar-refractivity contribution in [2.24, 2.45) is 5.73 Å². The third-order valence-electron chi connectivity index (χ3n) is 6.21. The Hall–Kier alpha value is -3.54. The van der Waals surface area contributed by atoms with Crippen molar-refractivity contribution in [2.75, 3.05) is 13.1 Å². The predicted octanol–water partition coefficient (Wildman–Crippen LogP) is 4.58. The van der Waals surface area contributed by atoms with E-state index in [0.717, 1.165) is 44.9 Å². The summed E-state index contributed by atoms with van der Waals surface area (Å²) >= 11 is 0. The second-order valence-electron chi connectivity index (χ2n) is 11.0. The minimum absolute atomic E-state index is 0.248. The third-order valence-corrected chi connectivity index (χ3v) is 6.21. The van der Waals surface area contributed by atoms with Crippen LogP contribution in [0, 0.1) is 12.3 Å². The summed E-state index contributed by atoms with van der Waals surface area (Å²) in [7, 11) is 0. The summed E-state index contributed by atoms with van der Waals surface area (Å²) in [5, 5.41) is 5.47. The molecule has 0 aliphatic carbocycles. The number of primary amides is 1. The zero-order valence-corrected chi connectivity index (χ0v) is 24.9. The van der Waals surface area contributed by atoms with Gasteiger partial charge in [0.25, 0.3) is 0 Å². The topological polar surface area (TPSA) is 131 Å². The van der Waals surface area contributed by atoms with E-state index in [-0.39, 0.29) is 12.5 Å². The molecule has 0 saturated heterocycles. The lowest BCUT2D eigenvalue weighted by Gasteiger charge is -2.34. The van der Waals surface area contributed by atoms with Gasteiger partial charge in [-0.05, 0) is 51.3 Å². The summed E-state index contributed by atoms with van der Waals surface area (Å²) in [6.07, 6.45) is 11.6. The van der Waals surface area contributed by atoms with E-state index in [4.69, 9.17) is 16.9 Å². The zero-order chi connectivity index (χ0) is 30.1. The van der Waals surface area contributed by atoms with Crippen molar-refractivity contribution >= 4 is 23.8 Å². The largest absolute Gasteiger partial charge is 0.444 e. The Morgan fingerprint density at radius 3 is 2.12 bits per heavy atom. The van der Waals surface area contributed by atoms with Crippen molar-refractivity contribution in [3.63, 3.8) is 0 Å². The molecule has 0 fully saturated rings. The highest BCUT2D eigenvalue weighted by Gasteiger charge is 2.36. The molecule has 222 valence electrons. The van der Waals surface area contributed by atoms with E-state index >= 15 is 0 Å². The van der Waals surface area contributed by atoms with E-state index in [1.807, 2.05) is 0 Å². The number of unbranched alkanes of at least 4 members (excludes halogenated alkanes) is 6. The van der Waals surface area contributed by atoms with Crippen LogP contribution in [0.25, 0.3) is 0 Å². The van der Waals surface area contributed by atoms with Gasteiger partial charge < -0.3 is 26.0 Å². The molecule has 0 radical (unpaired) electrons. The minimum atomic E-state index is -1.30. The van der Waals surface area contributed by atoms with Gasteiger partial charge in [0.2, 0.25) is 17.7 Å². The molecule has 2 atom stereocenters. The number of nitrogens with two attached hydrogens (primary N) is 1. The van der Waals surface area contributed by atoms with Crippen molar-refractivity contribution in [3.8, 4) is 12.3 Å². The first-order chi connectivity index (χ1) is 18.9.